The summed E-state index contributed by atoms with van der Waals surface area (Å²) in [5.74, 6) is -0.225. The van der Waals surface area contributed by atoms with E-state index in [1.807, 2.05) is 42.5 Å². The highest BCUT2D eigenvalue weighted by molar-refractivity contribution is 9.10. The largest absolute Gasteiger partial charge is 0.492 e. The van der Waals surface area contributed by atoms with Crippen LogP contribution in [-0.4, -0.2) is 80.8 Å². The van der Waals surface area contributed by atoms with Crippen LogP contribution in [0.2, 0.25) is 5.02 Å². The number of carbonyl (C=O) groups excluding carboxylic acids is 1. The zero-order valence-electron chi connectivity index (χ0n) is 25.4. The Hall–Kier alpha value is -4.09. The molecule has 2 aliphatic heterocycles. The maximum atomic E-state index is 14.6. The van der Waals surface area contributed by atoms with Gasteiger partial charge in [0.1, 0.15) is 11.6 Å². The number of hydrogen-bond donors (Lipinski definition) is 2. The van der Waals surface area contributed by atoms with Crippen LogP contribution in [0, 0.1) is 5.82 Å². The monoisotopic (exact) mass is 725 g/mol. The van der Waals surface area contributed by atoms with Gasteiger partial charge in [-0.3, -0.25) is 9.69 Å². The highest BCUT2D eigenvalue weighted by atomic mass is 79.9. The number of ether oxygens (including phenoxy) is 1. The molecule has 1 saturated carbocycles. The highest BCUT2D eigenvalue weighted by Gasteiger charge is 2.49. The van der Waals surface area contributed by atoms with Gasteiger partial charge in [0.2, 0.25) is 0 Å². The van der Waals surface area contributed by atoms with E-state index in [-0.39, 0.29) is 43.8 Å². The van der Waals surface area contributed by atoms with Gasteiger partial charge in [-0.2, -0.15) is 0 Å². The third-order valence-corrected chi connectivity index (χ3v) is 10.0. The van der Waals surface area contributed by atoms with Gasteiger partial charge in [0.15, 0.2) is 0 Å². The van der Waals surface area contributed by atoms with Crippen LogP contribution in [0.3, 0.4) is 0 Å². The number of hydrogen-bond acceptors (Lipinski definition) is 4. The summed E-state index contributed by atoms with van der Waals surface area (Å²) < 4.78 is 20.0. The lowest BCUT2D eigenvalue weighted by molar-refractivity contribution is -0.129. The zero-order valence-corrected chi connectivity index (χ0v) is 27.8. The van der Waals surface area contributed by atoms with E-state index in [4.69, 9.17) is 16.3 Å². The number of halogens is 3. The van der Waals surface area contributed by atoms with Crippen molar-refractivity contribution in [2.45, 2.75) is 56.8 Å². The molecule has 0 aromatic heterocycles. The summed E-state index contributed by atoms with van der Waals surface area (Å²) in [7, 11) is 0. The van der Waals surface area contributed by atoms with Crippen LogP contribution in [0.5, 0.6) is 5.75 Å². The van der Waals surface area contributed by atoms with Gasteiger partial charge >= 0.3 is 12.2 Å². The predicted octanol–water partition coefficient (Wildman–Crippen LogP) is 7.31. The quantitative estimate of drug-likeness (QED) is 0.212. The van der Waals surface area contributed by atoms with Gasteiger partial charge in [0.25, 0.3) is 5.91 Å². The number of rotatable bonds is 10. The summed E-state index contributed by atoms with van der Waals surface area (Å²) in [5, 5.41) is 20.7. The third-order valence-electron chi connectivity index (χ3n) is 8.98. The summed E-state index contributed by atoms with van der Waals surface area (Å²) in [5.41, 5.74) is 3.69. The summed E-state index contributed by atoms with van der Waals surface area (Å²) in [6.07, 6.45) is 0.922. The van der Waals surface area contributed by atoms with Crippen LogP contribution in [-0.2, 0) is 17.8 Å². The first-order valence-electron chi connectivity index (χ1n) is 15.5. The molecule has 2 atom stereocenters. The van der Waals surface area contributed by atoms with E-state index >= 15 is 0 Å². The van der Waals surface area contributed by atoms with Crippen molar-refractivity contribution in [3.8, 4) is 5.75 Å². The first-order chi connectivity index (χ1) is 22.6. The van der Waals surface area contributed by atoms with Crippen molar-refractivity contribution < 1.29 is 33.7 Å². The Morgan fingerprint density at radius 1 is 1.00 bits per heavy atom. The van der Waals surface area contributed by atoms with Crippen molar-refractivity contribution in [3.05, 3.63) is 104 Å². The van der Waals surface area contributed by atoms with E-state index in [2.05, 4.69) is 15.9 Å². The molecule has 1 aliphatic carbocycles. The molecular weight excluding hydrogens is 693 g/mol. The van der Waals surface area contributed by atoms with Crippen LogP contribution in [0.1, 0.15) is 42.4 Å². The van der Waals surface area contributed by atoms with Crippen LogP contribution in [0.4, 0.5) is 14.0 Å². The van der Waals surface area contributed by atoms with Crippen LogP contribution in [0.15, 0.2) is 76.8 Å². The molecule has 3 aromatic carbocycles. The average Bonchev–Trinajstić information content (AvgIpc) is 3.89. The van der Waals surface area contributed by atoms with Crippen molar-refractivity contribution in [1.29, 1.82) is 0 Å². The van der Waals surface area contributed by atoms with E-state index in [1.165, 1.54) is 21.9 Å². The number of carboxylic acid groups (broad SMARTS) is 2. The molecule has 3 aliphatic rings. The van der Waals surface area contributed by atoms with Gasteiger partial charge in [0, 0.05) is 42.3 Å². The second-order valence-electron chi connectivity index (χ2n) is 12.1. The molecule has 246 valence electrons. The predicted molar refractivity (Wildman–Crippen MR) is 178 cm³/mol. The Balaban J connectivity index is 1.29. The lowest BCUT2D eigenvalue weighted by Crippen LogP contribution is -2.65. The molecule has 2 fully saturated rings. The van der Waals surface area contributed by atoms with Crippen molar-refractivity contribution in [3.63, 3.8) is 0 Å². The minimum absolute atomic E-state index is 0.0136. The van der Waals surface area contributed by atoms with Gasteiger partial charge in [-0.15, -0.1) is 0 Å². The van der Waals surface area contributed by atoms with E-state index in [0.29, 0.717) is 40.3 Å². The second-order valence-corrected chi connectivity index (χ2v) is 13.4. The molecule has 6 rings (SSSR count). The SMILES string of the molecule is O=C(O)N1C[C@H]2CC(c3ccc(CCCOc4cc(F)ccc4Br)cc3)=C(C(=O)N(Cc3ccccc3Cl)C3CC3)[C@@H](C1)N2C(=O)O. The average molecular weight is 727 g/mol. The van der Waals surface area contributed by atoms with Crippen LogP contribution >= 0.6 is 27.5 Å². The molecule has 3 amide bonds. The van der Waals surface area contributed by atoms with Gasteiger partial charge in [-0.05, 0) is 88.5 Å². The first kappa shape index (κ1) is 32.8. The molecule has 1 saturated heterocycles. The summed E-state index contributed by atoms with van der Waals surface area (Å²) in [6.45, 7) is 0.547. The van der Waals surface area contributed by atoms with Gasteiger partial charge in [-0.25, -0.2) is 14.0 Å². The molecule has 2 N–H and O–H groups in total. The number of nitrogens with zero attached hydrogens (tertiary/aromatic N) is 3. The maximum Gasteiger partial charge on any atom is 0.408 e. The molecule has 0 radical (unpaired) electrons. The Kier molecular flexibility index (Phi) is 9.75. The third kappa shape index (κ3) is 7.26. The Bertz CT molecular complexity index is 1720. The lowest BCUT2D eigenvalue weighted by Gasteiger charge is -2.49. The fourth-order valence-electron chi connectivity index (χ4n) is 6.54. The standard InChI is InChI=1S/C35H34BrClFN3O6/c36-28-14-11-24(38)16-31(28)47-15-3-4-21-7-9-22(10-8-21)27-17-26-19-39(34(43)44)20-30(41(26)35(45)46)32(27)33(42)40(25-12-13-25)18-23-5-1-2-6-29(23)37/h1-2,5-11,14,16,25-26,30H,3-4,12-13,15,17-20H2,(H,43,44)(H,45,46)/t26-,30-/m1/s1. The van der Waals surface area contributed by atoms with Gasteiger partial charge in [-0.1, -0.05) is 54.1 Å². The van der Waals surface area contributed by atoms with Gasteiger partial charge < -0.3 is 24.7 Å². The Morgan fingerprint density at radius 3 is 2.43 bits per heavy atom. The Morgan fingerprint density at radius 2 is 1.74 bits per heavy atom. The molecule has 12 heteroatoms. The van der Waals surface area contributed by atoms with Crippen molar-refractivity contribution in [1.82, 2.24) is 14.7 Å². The second kappa shape index (κ2) is 13.9. The molecule has 0 spiro atoms. The molecule has 3 aromatic rings. The molecule has 2 heterocycles. The number of fused-ring (bicyclic) bond motifs is 2. The van der Waals surface area contributed by atoms with E-state index in [1.54, 1.807) is 17.0 Å². The maximum absolute atomic E-state index is 14.6. The van der Waals surface area contributed by atoms with Crippen LogP contribution < -0.4 is 4.74 Å². The smallest absolute Gasteiger partial charge is 0.408 e. The summed E-state index contributed by atoms with van der Waals surface area (Å²) in [6, 6.07) is 17.9. The topological polar surface area (TPSA) is 111 Å². The van der Waals surface area contributed by atoms with E-state index in [0.717, 1.165) is 35.1 Å². The van der Waals surface area contributed by atoms with E-state index in [9.17, 15) is 29.0 Å². The van der Waals surface area contributed by atoms with E-state index < -0.39 is 24.3 Å². The molecule has 0 unspecified atom stereocenters. The lowest BCUT2D eigenvalue weighted by atomic mass is 9.81. The molecule has 2 bridgehead atoms. The minimum Gasteiger partial charge on any atom is -0.492 e. The molecule has 9 nitrogen and oxygen atoms in total. The van der Waals surface area contributed by atoms with Gasteiger partial charge in [0.05, 0.1) is 23.2 Å². The first-order valence-corrected chi connectivity index (χ1v) is 16.7. The molecular formula is C35H34BrClFN3O6. The number of amides is 3. The number of benzene rings is 3. The Labute approximate surface area is 285 Å². The van der Waals surface area contributed by atoms with Crippen molar-refractivity contribution in [2.75, 3.05) is 19.7 Å². The van der Waals surface area contributed by atoms with Crippen LogP contribution in [0.25, 0.3) is 5.57 Å². The van der Waals surface area contributed by atoms with Crippen molar-refractivity contribution in [2.24, 2.45) is 0 Å². The molecule has 47 heavy (non-hydrogen) atoms. The fourth-order valence-corrected chi connectivity index (χ4v) is 7.09. The highest BCUT2D eigenvalue weighted by Crippen LogP contribution is 2.41. The number of carbonyl (C=O) groups is 3. The minimum atomic E-state index is -1.18. The summed E-state index contributed by atoms with van der Waals surface area (Å²) in [4.78, 5) is 43.5. The number of piperazine rings is 1. The van der Waals surface area contributed by atoms with Crippen molar-refractivity contribution >= 4 is 51.2 Å². The zero-order chi connectivity index (χ0) is 33.2. The number of aryl methyl sites for hydroxylation is 1. The fraction of sp³-hybridized carbons (Fsp3) is 0.343. The summed E-state index contributed by atoms with van der Waals surface area (Å²) >= 11 is 9.85. The normalized spacial score (nSPS) is 19.0.